The van der Waals surface area contributed by atoms with E-state index in [1.54, 1.807) is 0 Å². The molecule has 0 unspecified atom stereocenters. The molecule has 1 aromatic carbocycles. The monoisotopic (exact) mass is 554 g/mol. The van der Waals surface area contributed by atoms with E-state index in [0.717, 1.165) is 42.4 Å². The third-order valence-corrected chi connectivity index (χ3v) is 8.18. The molecule has 2 heterocycles. The number of benzene rings is 1. The van der Waals surface area contributed by atoms with Crippen LogP contribution in [0.25, 0.3) is 0 Å². The summed E-state index contributed by atoms with van der Waals surface area (Å²) in [6.45, 7) is 3.12. The van der Waals surface area contributed by atoms with E-state index in [2.05, 4.69) is 10.6 Å². The molecule has 4 aliphatic rings. The van der Waals surface area contributed by atoms with E-state index in [1.807, 2.05) is 18.2 Å². The van der Waals surface area contributed by atoms with Crippen LogP contribution in [0.3, 0.4) is 0 Å². The quantitative estimate of drug-likeness (QED) is 0.399. The maximum Gasteiger partial charge on any atom is 0.223 e. The van der Waals surface area contributed by atoms with Crippen LogP contribution >= 0.6 is 0 Å². The molecule has 2 aliphatic heterocycles. The van der Waals surface area contributed by atoms with Gasteiger partial charge in [-0.3, -0.25) is 19.2 Å². The number of ether oxygens (including phenoxy) is 4. The molecule has 2 saturated heterocycles. The first-order chi connectivity index (χ1) is 19.5. The van der Waals surface area contributed by atoms with E-state index in [9.17, 15) is 19.2 Å². The summed E-state index contributed by atoms with van der Waals surface area (Å²) in [6, 6.07) is 6.00. The van der Waals surface area contributed by atoms with Crippen LogP contribution < -0.4 is 10.6 Å². The average molecular weight is 555 g/mol. The number of hydrogen-bond acceptors (Lipinski definition) is 8. The van der Waals surface area contributed by atoms with Gasteiger partial charge in [0.05, 0.1) is 32.3 Å². The van der Waals surface area contributed by atoms with Crippen LogP contribution in [-0.4, -0.2) is 62.9 Å². The van der Waals surface area contributed by atoms with Gasteiger partial charge in [-0.25, -0.2) is 0 Å². The Balaban J connectivity index is 1.01. The Labute approximate surface area is 234 Å². The Kier molecular flexibility index (Phi) is 9.74. The van der Waals surface area contributed by atoms with Crippen LogP contribution in [0, 0.1) is 17.8 Å². The molecule has 3 fully saturated rings. The van der Waals surface area contributed by atoms with E-state index in [4.69, 9.17) is 18.9 Å². The first-order valence-corrected chi connectivity index (χ1v) is 14.4. The predicted molar refractivity (Wildman–Crippen MR) is 143 cm³/mol. The van der Waals surface area contributed by atoms with Crippen molar-refractivity contribution in [3.8, 4) is 0 Å². The van der Waals surface area contributed by atoms with Crippen LogP contribution in [-0.2, 0) is 44.5 Å². The molecule has 0 aromatic heterocycles. The minimum Gasteiger partial charge on any atom is -0.356 e. The zero-order chi connectivity index (χ0) is 27.9. The lowest BCUT2D eigenvalue weighted by molar-refractivity contribution is -0.128. The molecule has 1 saturated carbocycles. The third-order valence-electron chi connectivity index (χ3n) is 8.18. The third kappa shape index (κ3) is 7.23. The van der Waals surface area contributed by atoms with E-state index < -0.39 is 18.5 Å². The van der Waals surface area contributed by atoms with E-state index in [-0.39, 0.29) is 29.3 Å². The van der Waals surface area contributed by atoms with E-state index >= 15 is 0 Å². The number of carbonyl (C=O) groups is 4. The van der Waals surface area contributed by atoms with E-state index in [1.165, 1.54) is 12.2 Å². The van der Waals surface area contributed by atoms with Crippen molar-refractivity contribution in [3.05, 3.63) is 47.0 Å². The van der Waals surface area contributed by atoms with Gasteiger partial charge >= 0.3 is 0 Å². The number of rotatable bonds is 11. The van der Waals surface area contributed by atoms with E-state index in [0.29, 0.717) is 64.7 Å². The first-order valence-electron chi connectivity index (χ1n) is 14.4. The second-order valence-electron chi connectivity index (χ2n) is 10.9. The molecule has 1 aromatic rings. The highest BCUT2D eigenvalue weighted by Crippen LogP contribution is 2.34. The number of aryl methyl sites for hydroxylation is 1. The van der Waals surface area contributed by atoms with Gasteiger partial charge in [0, 0.05) is 36.6 Å². The largest absolute Gasteiger partial charge is 0.356 e. The Hall–Kier alpha value is -2.92. The molecule has 216 valence electrons. The molecule has 40 heavy (non-hydrogen) atoms. The topological polar surface area (TPSA) is 129 Å². The van der Waals surface area contributed by atoms with Gasteiger partial charge in [0.15, 0.2) is 24.1 Å². The summed E-state index contributed by atoms with van der Waals surface area (Å²) < 4.78 is 22.8. The first kappa shape index (κ1) is 28.6. The molecule has 0 radical (unpaired) electrons. The van der Waals surface area contributed by atoms with Gasteiger partial charge in [-0.05, 0) is 62.2 Å². The van der Waals surface area contributed by atoms with Gasteiger partial charge in [-0.1, -0.05) is 18.2 Å². The lowest BCUT2D eigenvalue weighted by Gasteiger charge is -2.28. The van der Waals surface area contributed by atoms with Gasteiger partial charge in [0.2, 0.25) is 11.8 Å². The standard InChI is InChI=1S/C30H38N2O8/c33-25-8-9-26(34)23(25)11-12-31-28(36)21-5-1-20(2-6-21)18-32-27(35)10-4-19-3-7-22(29-37-13-14-38-29)24(17-19)30-39-15-16-40-30/h3,7-9,17,20-21,23,29-30H,1-2,4-6,10-16,18H2,(H,31,36)(H,32,35). The fourth-order valence-electron chi connectivity index (χ4n) is 5.81. The summed E-state index contributed by atoms with van der Waals surface area (Å²) in [6.07, 6.45) is 6.35. The van der Waals surface area contributed by atoms with Gasteiger partial charge in [0.25, 0.3) is 0 Å². The number of hydrogen-bond donors (Lipinski definition) is 2. The average Bonchev–Trinajstić information content (AvgIpc) is 3.76. The number of amides is 2. The van der Waals surface area contributed by atoms with Crippen molar-refractivity contribution in [2.45, 2.75) is 57.5 Å². The van der Waals surface area contributed by atoms with Crippen molar-refractivity contribution in [2.75, 3.05) is 39.5 Å². The second-order valence-corrected chi connectivity index (χ2v) is 10.9. The van der Waals surface area contributed by atoms with Gasteiger partial charge in [-0.15, -0.1) is 0 Å². The highest BCUT2D eigenvalue weighted by atomic mass is 16.7. The predicted octanol–water partition coefficient (Wildman–Crippen LogP) is 2.46. The highest BCUT2D eigenvalue weighted by Gasteiger charge is 2.30. The normalized spacial score (nSPS) is 24.2. The van der Waals surface area contributed by atoms with Crippen LogP contribution in [0.1, 0.15) is 67.8 Å². The van der Waals surface area contributed by atoms with Crippen molar-refractivity contribution in [2.24, 2.45) is 17.8 Å². The van der Waals surface area contributed by atoms with Gasteiger partial charge < -0.3 is 29.6 Å². The van der Waals surface area contributed by atoms with Gasteiger partial charge in [-0.2, -0.15) is 0 Å². The van der Waals surface area contributed by atoms with Crippen molar-refractivity contribution in [1.29, 1.82) is 0 Å². The summed E-state index contributed by atoms with van der Waals surface area (Å²) >= 11 is 0. The summed E-state index contributed by atoms with van der Waals surface area (Å²) in [5.74, 6) is -0.723. The molecule has 5 rings (SSSR count). The molecule has 0 bridgehead atoms. The number of carbonyl (C=O) groups excluding carboxylic acids is 4. The minimum absolute atomic E-state index is 0.00631. The Morgan fingerprint density at radius 3 is 2.08 bits per heavy atom. The maximum absolute atomic E-state index is 12.6. The Morgan fingerprint density at radius 2 is 1.43 bits per heavy atom. The smallest absolute Gasteiger partial charge is 0.223 e. The zero-order valence-corrected chi connectivity index (χ0v) is 22.7. The Morgan fingerprint density at radius 1 is 0.800 bits per heavy atom. The summed E-state index contributed by atoms with van der Waals surface area (Å²) in [7, 11) is 0. The van der Waals surface area contributed by atoms with Crippen molar-refractivity contribution < 1.29 is 38.1 Å². The molecule has 2 amide bonds. The van der Waals surface area contributed by atoms with Crippen LogP contribution in [0.5, 0.6) is 0 Å². The Bertz CT molecular complexity index is 1100. The number of ketones is 2. The van der Waals surface area contributed by atoms with Crippen molar-refractivity contribution in [3.63, 3.8) is 0 Å². The molecular formula is C30H38N2O8. The second kappa shape index (κ2) is 13.6. The lowest BCUT2D eigenvalue weighted by Crippen LogP contribution is -2.37. The highest BCUT2D eigenvalue weighted by molar-refractivity contribution is 6.18. The molecule has 10 heteroatoms. The molecule has 10 nitrogen and oxygen atoms in total. The van der Waals surface area contributed by atoms with Crippen LogP contribution in [0.4, 0.5) is 0 Å². The van der Waals surface area contributed by atoms with Crippen LogP contribution in [0.2, 0.25) is 0 Å². The van der Waals surface area contributed by atoms with Crippen molar-refractivity contribution in [1.82, 2.24) is 10.6 Å². The molecule has 2 aliphatic carbocycles. The zero-order valence-electron chi connectivity index (χ0n) is 22.7. The lowest BCUT2D eigenvalue weighted by atomic mass is 9.81. The minimum atomic E-state index is -0.641. The molecule has 0 spiro atoms. The van der Waals surface area contributed by atoms with Crippen LogP contribution in [0.15, 0.2) is 30.4 Å². The summed E-state index contributed by atoms with van der Waals surface area (Å²) in [5.41, 5.74) is 2.81. The maximum atomic E-state index is 12.6. The summed E-state index contributed by atoms with van der Waals surface area (Å²) in [4.78, 5) is 48.5. The van der Waals surface area contributed by atoms with Gasteiger partial charge in [0.1, 0.15) is 0 Å². The SMILES string of the molecule is O=C(CCc1ccc(C2OCCO2)c(C2OCCO2)c1)NCC1CCC(C(=O)NCCC2C(=O)C=CC2=O)CC1. The molecular weight excluding hydrogens is 516 g/mol. The fourth-order valence-corrected chi connectivity index (χ4v) is 5.81. The number of allylic oxidation sites excluding steroid dienone is 2. The molecule has 0 atom stereocenters. The number of nitrogens with one attached hydrogen (secondary N) is 2. The fraction of sp³-hybridized carbons (Fsp3) is 0.600. The summed E-state index contributed by atoms with van der Waals surface area (Å²) in [5, 5.41) is 5.96. The van der Waals surface area contributed by atoms with Crippen molar-refractivity contribution >= 4 is 23.4 Å². The molecule has 2 N–H and O–H groups in total.